The van der Waals surface area contributed by atoms with Crippen molar-refractivity contribution in [2.75, 3.05) is 0 Å². The first-order valence-corrected chi connectivity index (χ1v) is 14.4. The van der Waals surface area contributed by atoms with Crippen molar-refractivity contribution in [2.24, 2.45) is 0 Å². The Balaban J connectivity index is 0.000000178. The van der Waals surface area contributed by atoms with Gasteiger partial charge < -0.3 is 30.6 Å². The second-order valence-electron chi connectivity index (χ2n) is 11.0. The van der Waals surface area contributed by atoms with Crippen molar-refractivity contribution in [3.8, 4) is 34.5 Å². The van der Waals surface area contributed by atoms with Crippen LogP contribution in [0.2, 0.25) is 0 Å². The molecule has 6 heteroatoms. The Morgan fingerprint density at radius 1 is 0.311 bits per heavy atom. The van der Waals surface area contributed by atoms with E-state index in [0.29, 0.717) is 0 Å². The van der Waals surface area contributed by atoms with Crippen LogP contribution < -0.4 is 0 Å². The molecular weight excluding hydrogens is 564 g/mol. The molecule has 6 N–H and O–H groups in total. The maximum absolute atomic E-state index is 9.57. The number of hydrogen-bond acceptors (Lipinski definition) is 6. The molecule has 6 rings (SSSR count). The van der Waals surface area contributed by atoms with E-state index in [1.54, 1.807) is 72.8 Å². The molecule has 0 aliphatic carbocycles. The number of aromatic hydroxyl groups is 6. The van der Waals surface area contributed by atoms with Crippen LogP contribution in [0.5, 0.6) is 34.5 Å². The lowest BCUT2D eigenvalue weighted by molar-refractivity contribution is 0.473. The van der Waals surface area contributed by atoms with E-state index in [-0.39, 0.29) is 40.4 Å². The summed E-state index contributed by atoms with van der Waals surface area (Å²) in [6.07, 6.45) is 0. The van der Waals surface area contributed by atoms with Gasteiger partial charge in [-0.25, -0.2) is 0 Å². The summed E-state index contributed by atoms with van der Waals surface area (Å²) in [4.78, 5) is 0. The average molecular weight is 599 g/mol. The third-order valence-electron chi connectivity index (χ3n) is 8.01. The smallest absolute Gasteiger partial charge is 0.115 e. The lowest BCUT2D eigenvalue weighted by atomic mass is 9.71. The molecule has 0 saturated heterocycles. The molecule has 0 spiro atoms. The molecule has 6 aromatic rings. The van der Waals surface area contributed by atoms with Crippen molar-refractivity contribution in [3.63, 3.8) is 0 Å². The molecule has 0 atom stereocenters. The minimum atomic E-state index is -0.477. The fourth-order valence-corrected chi connectivity index (χ4v) is 5.46. The number of rotatable bonds is 6. The van der Waals surface area contributed by atoms with E-state index in [0.717, 1.165) is 33.4 Å². The van der Waals surface area contributed by atoms with Gasteiger partial charge in [0.2, 0.25) is 0 Å². The van der Waals surface area contributed by atoms with E-state index in [2.05, 4.69) is 6.92 Å². The molecule has 45 heavy (non-hydrogen) atoms. The van der Waals surface area contributed by atoms with E-state index in [1.165, 1.54) is 0 Å². The summed E-state index contributed by atoms with van der Waals surface area (Å²) in [6, 6.07) is 42.5. The van der Waals surface area contributed by atoms with Crippen LogP contribution in [-0.4, -0.2) is 30.6 Å². The van der Waals surface area contributed by atoms with Crippen molar-refractivity contribution in [1.29, 1.82) is 0 Å². The monoisotopic (exact) mass is 598 g/mol. The molecule has 0 aliphatic heterocycles. The number of phenols is 6. The predicted octanol–water partition coefficient (Wildman–Crippen LogP) is 8.14. The van der Waals surface area contributed by atoms with Gasteiger partial charge in [-0.1, -0.05) is 72.8 Å². The molecule has 0 unspecified atom stereocenters. The molecule has 6 aromatic carbocycles. The Labute approximate surface area is 262 Å². The maximum Gasteiger partial charge on any atom is 0.115 e. The standard InChI is InChI=1S/C20H18O3.C19H16O3/c1-20(14-2-8-17(21)9-3-14,15-4-10-18(22)11-5-15)16-6-12-19(23)13-7-16;20-16-7-1-13(2-8-16)19(14-3-9-17(21)10-4-14)15-5-11-18(22)12-6-15/h2-13,21-23H,1H3;1-12,19-22H. The lowest BCUT2D eigenvalue weighted by Crippen LogP contribution is -2.25. The molecule has 226 valence electrons. The Bertz CT molecular complexity index is 1590. The molecule has 0 amide bonds. The summed E-state index contributed by atoms with van der Waals surface area (Å²) in [7, 11) is 0. The fraction of sp³-hybridized carbons (Fsp3) is 0.0769. The third-order valence-corrected chi connectivity index (χ3v) is 8.01. The zero-order valence-corrected chi connectivity index (χ0v) is 24.6. The summed E-state index contributed by atoms with van der Waals surface area (Å²) >= 11 is 0. The van der Waals surface area contributed by atoms with Gasteiger partial charge in [0.25, 0.3) is 0 Å². The minimum absolute atomic E-state index is 0.0400. The molecule has 0 aromatic heterocycles. The van der Waals surface area contributed by atoms with Gasteiger partial charge in [0.05, 0.1) is 0 Å². The maximum atomic E-state index is 9.57. The largest absolute Gasteiger partial charge is 0.508 e. The van der Waals surface area contributed by atoms with E-state index < -0.39 is 5.41 Å². The summed E-state index contributed by atoms with van der Waals surface area (Å²) in [5.74, 6) is 1.27. The Kier molecular flexibility index (Phi) is 8.96. The van der Waals surface area contributed by atoms with Crippen LogP contribution in [0, 0.1) is 0 Å². The van der Waals surface area contributed by atoms with Crippen LogP contribution in [0.4, 0.5) is 0 Å². The topological polar surface area (TPSA) is 121 Å². The highest BCUT2D eigenvalue weighted by Crippen LogP contribution is 2.40. The molecular formula is C39H34O6. The van der Waals surface area contributed by atoms with Gasteiger partial charge in [-0.3, -0.25) is 0 Å². The van der Waals surface area contributed by atoms with Crippen LogP contribution in [0.3, 0.4) is 0 Å². The van der Waals surface area contributed by atoms with Crippen molar-refractivity contribution >= 4 is 0 Å². The van der Waals surface area contributed by atoms with Gasteiger partial charge >= 0.3 is 0 Å². The van der Waals surface area contributed by atoms with Crippen LogP contribution in [-0.2, 0) is 5.41 Å². The first-order chi connectivity index (χ1) is 21.6. The lowest BCUT2D eigenvalue weighted by Gasteiger charge is -2.32. The fourth-order valence-electron chi connectivity index (χ4n) is 5.46. The van der Waals surface area contributed by atoms with E-state index in [9.17, 15) is 30.6 Å². The van der Waals surface area contributed by atoms with Crippen LogP contribution >= 0.6 is 0 Å². The van der Waals surface area contributed by atoms with E-state index >= 15 is 0 Å². The first-order valence-electron chi connectivity index (χ1n) is 14.4. The Morgan fingerprint density at radius 2 is 0.489 bits per heavy atom. The molecule has 0 fully saturated rings. The zero-order valence-electron chi connectivity index (χ0n) is 24.6. The summed E-state index contributed by atoms with van der Waals surface area (Å²) in [5, 5.41) is 57.2. The van der Waals surface area contributed by atoms with Crippen molar-refractivity contribution < 1.29 is 30.6 Å². The molecule has 6 nitrogen and oxygen atoms in total. The predicted molar refractivity (Wildman–Crippen MR) is 175 cm³/mol. The number of benzene rings is 6. The highest BCUT2D eigenvalue weighted by atomic mass is 16.3. The van der Waals surface area contributed by atoms with E-state index in [4.69, 9.17) is 0 Å². The summed E-state index contributed by atoms with van der Waals surface area (Å²) < 4.78 is 0. The highest BCUT2D eigenvalue weighted by Gasteiger charge is 2.31. The van der Waals surface area contributed by atoms with Gasteiger partial charge in [-0.2, -0.15) is 0 Å². The second-order valence-corrected chi connectivity index (χ2v) is 11.0. The highest BCUT2D eigenvalue weighted by molar-refractivity contribution is 5.52. The average Bonchev–Trinajstić information content (AvgIpc) is 3.05. The van der Waals surface area contributed by atoms with Crippen molar-refractivity contribution in [2.45, 2.75) is 18.3 Å². The molecule has 0 saturated carbocycles. The number of phenolic OH excluding ortho intramolecular Hbond substituents is 6. The van der Waals surface area contributed by atoms with Crippen LogP contribution in [0.15, 0.2) is 146 Å². The summed E-state index contributed by atoms with van der Waals surface area (Å²) in [5.41, 5.74) is 5.61. The SMILES string of the molecule is CC(c1ccc(O)cc1)(c1ccc(O)cc1)c1ccc(O)cc1.Oc1ccc(C(c2ccc(O)cc2)c2ccc(O)cc2)cc1. The van der Waals surface area contributed by atoms with E-state index in [1.807, 2.05) is 72.8 Å². The van der Waals surface area contributed by atoms with Crippen LogP contribution in [0.25, 0.3) is 0 Å². The van der Waals surface area contributed by atoms with Gasteiger partial charge in [0, 0.05) is 11.3 Å². The first kappa shape index (κ1) is 30.6. The van der Waals surface area contributed by atoms with Gasteiger partial charge in [-0.05, 0) is 113 Å². The quantitative estimate of drug-likeness (QED) is 0.108. The Hall–Kier alpha value is -5.88. The van der Waals surface area contributed by atoms with Gasteiger partial charge in [0.15, 0.2) is 0 Å². The third kappa shape index (κ3) is 7.03. The van der Waals surface area contributed by atoms with Crippen molar-refractivity contribution in [1.82, 2.24) is 0 Å². The molecule has 0 heterocycles. The molecule has 0 radical (unpaired) electrons. The zero-order chi connectivity index (χ0) is 32.0. The van der Waals surface area contributed by atoms with Gasteiger partial charge in [0.1, 0.15) is 34.5 Å². The number of hydrogen-bond donors (Lipinski definition) is 6. The second kappa shape index (κ2) is 13.2. The molecule has 0 aliphatic rings. The summed E-state index contributed by atoms with van der Waals surface area (Å²) in [6.45, 7) is 2.08. The Morgan fingerprint density at radius 3 is 0.689 bits per heavy atom. The van der Waals surface area contributed by atoms with Gasteiger partial charge in [-0.15, -0.1) is 0 Å². The molecule has 0 bridgehead atoms. The minimum Gasteiger partial charge on any atom is -0.508 e. The van der Waals surface area contributed by atoms with Crippen molar-refractivity contribution in [3.05, 3.63) is 179 Å². The van der Waals surface area contributed by atoms with Crippen LogP contribution in [0.1, 0.15) is 46.2 Å². The normalized spacial score (nSPS) is 11.1.